The molecule has 0 fully saturated rings. The van der Waals surface area contributed by atoms with Gasteiger partial charge in [-0.3, -0.25) is 4.98 Å². The monoisotopic (exact) mass is 274 g/mol. The van der Waals surface area contributed by atoms with E-state index in [4.69, 9.17) is 0 Å². The Morgan fingerprint density at radius 2 is 2.11 bits per heavy atom. The van der Waals surface area contributed by atoms with Gasteiger partial charge in [0.2, 0.25) is 0 Å². The Hall–Kier alpha value is -1.06. The van der Waals surface area contributed by atoms with Crippen molar-refractivity contribution in [2.75, 3.05) is 18.1 Å². The number of para-hydroxylation sites is 1. The second kappa shape index (κ2) is 7.51. The molecule has 0 radical (unpaired) electrons. The minimum atomic E-state index is 0.405. The minimum Gasteiger partial charge on any atom is -0.309 e. The van der Waals surface area contributed by atoms with Crippen LogP contribution >= 0.6 is 11.8 Å². The highest BCUT2D eigenvalue weighted by atomic mass is 32.2. The lowest BCUT2D eigenvalue weighted by Crippen LogP contribution is -2.24. The van der Waals surface area contributed by atoms with Crippen molar-refractivity contribution in [2.24, 2.45) is 0 Å². The first-order chi connectivity index (χ1) is 9.35. The van der Waals surface area contributed by atoms with Gasteiger partial charge in [-0.2, -0.15) is 11.8 Å². The third kappa shape index (κ3) is 3.95. The summed E-state index contributed by atoms with van der Waals surface area (Å²) < 4.78 is 0. The van der Waals surface area contributed by atoms with Crippen LogP contribution in [0.15, 0.2) is 36.5 Å². The first kappa shape index (κ1) is 14.4. The van der Waals surface area contributed by atoms with Crippen LogP contribution in [0.25, 0.3) is 10.9 Å². The molecule has 0 saturated carbocycles. The lowest BCUT2D eigenvalue weighted by molar-refractivity contribution is 0.576. The molecule has 1 N–H and O–H groups in total. The van der Waals surface area contributed by atoms with Gasteiger partial charge in [0.15, 0.2) is 0 Å². The molecule has 0 bridgehead atoms. The number of fused-ring (bicyclic) bond motifs is 1. The molecule has 2 rings (SSSR count). The molecule has 0 aliphatic carbocycles. The molecule has 102 valence electrons. The van der Waals surface area contributed by atoms with Crippen LogP contribution in [-0.2, 0) is 0 Å². The first-order valence-corrected chi connectivity index (χ1v) is 8.16. The molecule has 19 heavy (non-hydrogen) atoms. The van der Waals surface area contributed by atoms with Crippen LogP contribution in [0.2, 0.25) is 0 Å². The average molecular weight is 274 g/mol. The summed E-state index contributed by atoms with van der Waals surface area (Å²) in [5, 5.41) is 4.85. The van der Waals surface area contributed by atoms with Crippen molar-refractivity contribution in [1.29, 1.82) is 0 Å². The molecular formula is C16H22N2S. The Labute approximate surface area is 120 Å². The molecule has 1 unspecified atom stereocenters. The lowest BCUT2D eigenvalue weighted by atomic mass is 10.1. The second-order valence-electron chi connectivity index (χ2n) is 4.63. The Morgan fingerprint density at radius 3 is 2.89 bits per heavy atom. The van der Waals surface area contributed by atoms with Crippen molar-refractivity contribution in [2.45, 2.75) is 26.3 Å². The maximum absolute atomic E-state index is 4.57. The number of nitrogens with zero attached hydrogens (tertiary/aromatic N) is 1. The topological polar surface area (TPSA) is 24.9 Å². The van der Waals surface area contributed by atoms with Gasteiger partial charge in [0, 0.05) is 23.4 Å². The third-order valence-corrected chi connectivity index (χ3v) is 4.12. The van der Waals surface area contributed by atoms with E-state index in [2.05, 4.69) is 48.4 Å². The molecule has 0 aliphatic heterocycles. The zero-order valence-corrected chi connectivity index (χ0v) is 12.5. The average Bonchev–Trinajstić information content (AvgIpc) is 2.47. The molecule has 0 spiro atoms. The van der Waals surface area contributed by atoms with Crippen LogP contribution in [0.4, 0.5) is 0 Å². The fourth-order valence-electron chi connectivity index (χ4n) is 2.11. The van der Waals surface area contributed by atoms with Gasteiger partial charge in [0.1, 0.15) is 0 Å². The zero-order valence-electron chi connectivity index (χ0n) is 11.7. The van der Waals surface area contributed by atoms with E-state index in [0.29, 0.717) is 6.04 Å². The number of hydrogen-bond donors (Lipinski definition) is 1. The van der Waals surface area contributed by atoms with E-state index in [1.165, 1.54) is 10.9 Å². The molecule has 1 aromatic carbocycles. The van der Waals surface area contributed by atoms with E-state index >= 15 is 0 Å². The third-order valence-electron chi connectivity index (χ3n) is 3.14. The Kier molecular flexibility index (Phi) is 5.67. The predicted molar refractivity (Wildman–Crippen MR) is 85.8 cm³/mol. The molecule has 0 aliphatic rings. The molecule has 2 nitrogen and oxygen atoms in total. The summed E-state index contributed by atoms with van der Waals surface area (Å²) in [7, 11) is 0. The summed E-state index contributed by atoms with van der Waals surface area (Å²) in [6.45, 7) is 5.47. The number of rotatable bonds is 7. The van der Waals surface area contributed by atoms with E-state index in [0.717, 1.165) is 30.0 Å². The lowest BCUT2D eigenvalue weighted by Gasteiger charge is -2.18. The number of nitrogens with one attached hydrogen (secondary N) is 1. The van der Waals surface area contributed by atoms with E-state index < -0.39 is 0 Å². The van der Waals surface area contributed by atoms with Gasteiger partial charge in [-0.25, -0.2) is 0 Å². The van der Waals surface area contributed by atoms with E-state index in [-0.39, 0.29) is 0 Å². The molecule has 2 aromatic rings. The molecule has 1 aromatic heterocycles. The van der Waals surface area contributed by atoms with Crippen LogP contribution in [0.3, 0.4) is 0 Å². The maximum Gasteiger partial charge on any atom is 0.0702 e. The van der Waals surface area contributed by atoms with Gasteiger partial charge in [0.05, 0.1) is 5.52 Å². The van der Waals surface area contributed by atoms with E-state index in [1.807, 2.05) is 24.0 Å². The Bertz CT molecular complexity index is 505. The predicted octanol–water partition coefficient (Wildman–Crippen LogP) is 4.03. The highest BCUT2D eigenvalue weighted by molar-refractivity contribution is 7.99. The number of hydrogen-bond acceptors (Lipinski definition) is 3. The number of thioether (sulfide) groups is 1. The molecule has 3 heteroatoms. The Morgan fingerprint density at radius 1 is 1.26 bits per heavy atom. The number of aromatic nitrogens is 1. The zero-order chi connectivity index (χ0) is 13.5. The summed E-state index contributed by atoms with van der Waals surface area (Å²) in [6, 6.07) is 11.0. The second-order valence-corrected chi connectivity index (χ2v) is 5.95. The molecule has 1 heterocycles. The van der Waals surface area contributed by atoms with Crippen molar-refractivity contribution in [3.05, 3.63) is 42.1 Å². The van der Waals surface area contributed by atoms with Crippen molar-refractivity contribution >= 4 is 22.7 Å². The van der Waals surface area contributed by atoms with Crippen LogP contribution in [0.5, 0.6) is 0 Å². The largest absolute Gasteiger partial charge is 0.309 e. The standard InChI is InChI=1S/C16H22N2S/c1-3-9-17-16(12-19-4-2)14-10-13-7-5-6-8-15(13)18-11-14/h5-8,10-11,16-17H,3-4,9,12H2,1-2H3. The van der Waals surface area contributed by atoms with Gasteiger partial charge in [-0.1, -0.05) is 32.0 Å². The van der Waals surface area contributed by atoms with Gasteiger partial charge in [0.25, 0.3) is 0 Å². The molecular weight excluding hydrogens is 252 g/mol. The van der Waals surface area contributed by atoms with Crippen LogP contribution < -0.4 is 5.32 Å². The van der Waals surface area contributed by atoms with Crippen LogP contribution in [0.1, 0.15) is 31.9 Å². The summed E-state index contributed by atoms with van der Waals surface area (Å²) >= 11 is 1.98. The normalized spacial score (nSPS) is 12.7. The van der Waals surface area contributed by atoms with E-state index in [1.54, 1.807) is 0 Å². The molecule has 0 amide bonds. The number of benzene rings is 1. The summed E-state index contributed by atoms with van der Waals surface area (Å²) in [5.74, 6) is 2.27. The van der Waals surface area contributed by atoms with Gasteiger partial charge in [-0.15, -0.1) is 0 Å². The summed E-state index contributed by atoms with van der Waals surface area (Å²) in [5.41, 5.74) is 2.37. The highest BCUT2D eigenvalue weighted by Gasteiger charge is 2.11. The number of pyridine rings is 1. The first-order valence-electron chi connectivity index (χ1n) is 7.01. The molecule has 0 saturated heterocycles. The summed E-state index contributed by atoms with van der Waals surface area (Å²) in [4.78, 5) is 4.57. The van der Waals surface area contributed by atoms with Gasteiger partial charge in [-0.05, 0) is 36.4 Å². The van der Waals surface area contributed by atoms with E-state index in [9.17, 15) is 0 Å². The van der Waals surface area contributed by atoms with Gasteiger partial charge < -0.3 is 5.32 Å². The van der Waals surface area contributed by atoms with Crippen LogP contribution in [0, 0.1) is 0 Å². The van der Waals surface area contributed by atoms with Gasteiger partial charge >= 0.3 is 0 Å². The quantitative estimate of drug-likeness (QED) is 0.825. The molecule has 1 atom stereocenters. The Balaban J connectivity index is 2.21. The minimum absolute atomic E-state index is 0.405. The summed E-state index contributed by atoms with van der Waals surface area (Å²) in [6.07, 6.45) is 3.18. The fourth-order valence-corrected chi connectivity index (χ4v) is 2.89. The van der Waals surface area contributed by atoms with Crippen molar-refractivity contribution in [3.63, 3.8) is 0 Å². The van der Waals surface area contributed by atoms with Crippen LogP contribution in [-0.4, -0.2) is 23.0 Å². The van der Waals surface area contributed by atoms with Crippen molar-refractivity contribution in [1.82, 2.24) is 10.3 Å². The smallest absolute Gasteiger partial charge is 0.0702 e. The maximum atomic E-state index is 4.57. The van der Waals surface area contributed by atoms with Crippen molar-refractivity contribution in [3.8, 4) is 0 Å². The SMILES string of the molecule is CCCNC(CSCC)c1cnc2ccccc2c1. The van der Waals surface area contributed by atoms with Crippen molar-refractivity contribution < 1.29 is 0 Å². The highest BCUT2D eigenvalue weighted by Crippen LogP contribution is 2.21. The fraction of sp³-hybridized carbons (Fsp3) is 0.438.